The lowest BCUT2D eigenvalue weighted by molar-refractivity contribution is -0.145. The maximum atomic E-state index is 13.0. The summed E-state index contributed by atoms with van der Waals surface area (Å²) >= 11 is 0. The quantitative estimate of drug-likeness (QED) is 0.898. The number of ether oxygens (including phenoxy) is 1. The predicted octanol–water partition coefficient (Wildman–Crippen LogP) is 2.40. The van der Waals surface area contributed by atoms with Gasteiger partial charge in [0, 0.05) is 6.54 Å². The van der Waals surface area contributed by atoms with Crippen LogP contribution in [0.5, 0.6) is 0 Å². The number of rotatable bonds is 4. The number of nitrogens with one attached hydrogen (secondary N) is 1. The van der Waals surface area contributed by atoms with Crippen LogP contribution >= 0.6 is 0 Å². The van der Waals surface area contributed by atoms with Crippen LogP contribution in [-0.4, -0.2) is 28.8 Å². The largest absolute Gasteiger partial charge is 0.393 e. The minimum Gasteiger partial charge on any atom is -0.393 e. The van der Waals surface area contributed by atoms with E-state index in [0.29, 0.717) is 13.0 Å². The van der Waals surface area contributed by atoms with Gasteiger partial charge in [-0.1, -0.05) is 30.3 Å². The first-order chi connectivity index (χ1) is 10.4. The predicted molar refractivity (Wildman–Crippen MR) is 84.2 cm³/mol. The number of amides is 1. The van der Waals surface area contributed by atoms with Crippen molar-refractivity contribution in [2.75, 3.05) is 6.61 Å². The van der Waals surface area contributed by atoms with E-state index < -0.39 is 16.6 Å². The van der Waals surface area contributed by atoms with E-state index in [2.05, 4.69) is 5.32 Å². The molecule has 1 saturated heterocycles. The van der Waals surface area contributed by atoms with Crippen molar-refractivity contribution < 1.29 is 14.6 Å². The van der Waals surface area contributed by atoms with E-state index >= 15 is 0 Å². The molecule has 0 radical (unpaired) electrons. The Balaban J connectivity index is 1.78. The van der Waals surface area contributed by atoms with Crippen molar-refractivity contribution in [2.24, 2.45) is 5.41 Å². The Morgan fingerprint density at radius 2 is 2.00 bits per heavy atom. The first kappa shape index (κ1) is 15.5. The maximum absolute atomic E-state index is 13.0. The molecule has 1 amide bonds. The molecule has 2 bridgehead atoms. The molecular weight excluding hydrogens is 278 g/mol. The number of benzene rings is 1. The molecule has 4 heteroatoms. The summed E-state index contributed by atoms with van der Waals surface area (Å²) in [6.45, 7) is 4.49. The summed E-state index contributed by atoms with van der Waals surface area (Å²) in [5.74, 6) is 0.0522. The molecule has 3 rings (SSSR count). The van der Waals surface area contributed by atoms with Gasteiger partial charge in [0.15, 0.2) is 0 Å². The fourth-order valence-corrected chi connectivity index (χ4v) is 4.26. The SMILES string of the molecule is CC1(C)OC2(CO)CCCC1(C(=O)NCc1ccccc1)C2. The van der Waals surface area contributed by atoms with Crippen LogP contribution in [-0.2, 0) is 16.1 Å². The lowest BCUT2D eigenvalue weighted by atomic mass is 9.63. The summed E-state index contributed by atoms with van der Waals surface area (Å²) in [7, 11) is 0. The van der Waals surface area contributed by atoms with Crippen LogP contribution in [0.15, 0.2) is 30.3 Å². The van der Waals surface area contributed by atoms with Crippen molar-refractivity contribution in [3.8, 4) is 0 Å². The van der Waals surface area contributed by atoms with Gasteiger partial charge in [0.05, 0.1) is 23.2 Å². The Morgan fingerprint density at radius 3 is 2.68 bits per heavy atom. The number of hydrogen-bond acceptors (Lipinski definition) is 3. The van der Waals surface area contributed by atoms with Crippen molar-refractivity contribution in [2.45, 2.75) is 57.3 Å². The molecule has 1 saturated carbocycles. The highest BCUT2D eigenvalue weighted by molar-refractivity contribution is 5.84. The molecule has 1 aromatic rings. The molecule has 1 heterocycles. The molecule has 0 aromatic heterocycles. The average Bonchev–Trinajstić information content (AvgIpc) is 2.69. The van der Waals surface area contributed by atoms with E-state index in [1.54, 1.807) is 0 Å². The summed E-state index contributed by atoms with van der Waals surface area (Å²) in [6.07, 6.45) is 3.19. The monoisotopic (exact) mass is 303 g/mol. The summed E-state index contributed by atoms with van der Waals surface area (Å²) in [5, 5.41) is 12.8. The van der Waals surface area contributed by atoms with Crippen molar-refractivity contribution in [1.29, 1.82) is 0 Å². The van der Waals surface area contributed by atoms with E-state index in [9.17, 15) is 9.90 Å². The van der Waals surface area contributed by atoms with E-state index in [1.807, 2.05) is 44.2 Å². The van der Waals surface area contributed by atoms with Gasteiger partial charge in [-0.15, -0.1) is 0 Å². The number of aliphatic hydroxyl groups is 1. The van der Waals surface area contributed by atoms with Crippen LogP contribution in [0.1, 0.15) is 45.1 Å². The first-order valence-electron chi connectivity index (χ1n) is 8.06. The van der Waals surface area contributed by atoms with E-state index in [4.69, 9.17) is 4.74 Å². The number of carbonyl (C=O) groups is 1. The summed E-state index contributed by atoms with van der Waals surface area (Å²) < 4.78 is 6.18. The van der Waals surface area contributed by atoms with Gasteiger partial charge in [-0.05, 0) is 45.1 Å². The molecule has 1 aliphatic heterocycles. The van der Waals surface area contributed by atoms with Crippen LogP contribution in [0.4, 0.5) is 0 Å². The Bertz CT molecular complexity index is 557. The number of hydrogen-bond donors (Lipinski definition) is 2. The molecular formula is C18H25NO3. The Labute approximate surface area is 131 Å². The van der Waals surface area contributed by atoms with Gasteiger partial charge in [0.2, 0.25) is 5.91 Å². The third-order valence-electron chi connectivity index (χ3n) is 5.50. The lowest BCUT2D eigenvalue weighted by Crippen LogP contribution is -2.51. The average molecular weight is 303 g/mol. The molecule has 4 nitrogen and oxygen atoms in total. The van der Waals surface area contributed by atoms with Gasteiger partial charge < -0.3 is 15.2 Å². The number of fused-ring (bicyclic) bond motifs is 2. The van der Waals surface area contributed by atoms with Gasteiger partial charge in [0.25, 0.3) is 0 Å². The Morgan fingerprint density at radius 1 is 1.27 bits per heavy atom. The second kappa shape index (κ2) is 5.36. The molecule has 120 valence electrons. The Kier molecular flexibility index (Phi) is 3.77. The smallest absolute Gasteiger partial charge is 0.229 e. The van der Waals surface area contributed by atoms with Gasteiger partial charge in [-0.3, -0.25) is 4.79 Å². The highest BCUT2D eigenvalue weighted by Gasteiger charge is 2.65. The zero-order chi connectivity index (χ0) is 15.8. The third kappa shape index (κ3) is 2.34. The van der Waals surface area contributed by atoms with Crippen molar-refractivity contribution in [3.05, 3.63) is 35.9 Å². The summed E-state index contributed by atoms with van der Waals surface area (Å²) in [6, 6.07) is 9.93. The fourth-order valence-electron chi connectivity index (χ4n) is 4.26. The molecule has 1 aliphatic carbocycles. The minimum absolute atomic E-state index is 0.00978. The standard InChI is InChI=1S/C18H25NO3/c1-16(2)18(10-6-9-17(12-18,13-20)22-16)15(21)19-11-14-7-4-3-5-8-14/h3-5,7-8,20H,6,9-13H2,1-2H3,(H,19,21). The molecule has 2 atom stereocenters. The highest BCUT2D eigenvalue weighted by Crippen LogP contribution is 2.59. The molecule has 2 fully saturated rings. The summed E-state index contributed by atoms with van der Waals surface area (Å²) in [4.78, 5) is 13.0. The second-order valence-electron chi connectivity index (χ2n) is 7.23. The fraction of sp³-hybridized carbons (Fsp3) is 0.611. The molecule has 0 spiro atoms. The maximum Gasteiger partial charge on any atom is 0.229 e. The molecule has 22 heavy (non-hydrogen) atoms. The van der Waals surface area contributed by atoms with Crippen LogP contribution < -0.4 is 5.32 Å². The van der Waals surface area contributed by atoms with Gasteiger partial charge in [-0.2, -0.15) is 0 Å². The van der Waals surface area contributed by atoms with E-state index in [-0.39, 0.29) is 12.5 Å². The number of carbonyl (C=O) groups excluding carboxylic acids is 1. The van der Waals surface area contributed by atoms with Gasteiger partial charge in [0.1, 0.15) is 0 Å². The molecule has 2 aliphatic rings. The zero-order valence-electron chi connectivity index (χ0n) is 13.4. The highest BCUT2D eigenvalue weighted by atomic mass is 16.5. The third-order valence-corrected chi connectivity index (χ3v) is 5.50. The second-order valence-corrected chi connectivity index (χ2v) is 7.23. The Hall–Kier alpha value is -1.39. The molecule has 2 N–H and O–H groups in total. The van der Waals surface area contributed by atoms with Gasteiger partial charge >= 0.3 is 0 Å². The molecule has 2 unspecified atom stereocenters. The van der Waals surface area contributed by atoms with Crippen LogP contribution in [0, 0.1) is 5.41 Å². The van der Waals surface area contributed by atoms with E-state index in [1.165, 1.54) is 0 Å². The minimum atomic E-state index is -0.549. The lowest BCUT2D eigenvalue weighted by Gasteiger charge is -2.39. The molecule has 1 aromatic carbocycles. The van der Waals surface area contributed by atoms with Crippen molar-refractivity contribution in [3.63, 3.8) is 0 Å². The van der Waals surface area contributed by atoms with Crippen molar-refractivity contribution in [1.82, 2.24) is 5.32 Å². The van der Waals surface area contributed by atoms with Crippen LogP contribution in [0.25, 0.3) is 0 Å². The van der Waals surface area contributed by atoms with Gasteiger partial charge in [-0.25, -0.2) is 0 Å². The van der Waals surface area contributed by atoms with Crippen molar-refractivity contribution >= 4 is 5.91 Å². The van der Waals surface area contributed by atoms with Crippen LogP contribution in [0.3, 0.4) is 0 Å². The number of aliphatic hydroxyl groups excluding tert-OH is 1. The summed E-state index contributed by atoms with van der Waals surface area (Å²) in [5.41, 5.74) is -0.532. The van der Waals surface area contributed by atoms with Crippen LogP contribution in [0.2, 0.25) is 0 Å². The zero-order valence-corrected chi connectivity index (χ0v) is 13.4. The van der Waals surface area contributed by atoms with E-state index in [0.717, 1.165) is 24.8 Å². The first-order valence-corrected chi connectivity index (χ1v) is 8.06. The normalized spacial score (nSPS) is 32.7. The topological polar surface area (TPSA) is 58.6 Å².